The number of carbonyl (C=O) groups excluding carboxylic acids is 2. The van der Waals surface area contributed by atoms with Gasteiger partial charge in [-0.3, -0.25) is 4.79 Å². The molecule has 0 bridgehead atoms. The zero-order chi connectivity index (χ0) is 18.6. The van der Waals surface area contributed by atoms with Crippen LogP contribution in [-0.2, 0) is 4.74 Å². The maximum absolute atomic E-state index is 12.7. The average Bonchev–Trinajstić information content (AvgIpc) is 2.89. The lowest BCUT2D eigenvalue weighted by molar-refractivity contribution is -0.691. The van der Waals surface area contributed by atoms with Crippen LogP contribution >= 0.6 is 0 Å². The average molecular weight is 343 g/mol. The number of Topliss-reactive ketones (excluding diaryl/α,β-unsaturated/α-hetero) is 1. The Bertz CT molecular complexity index is 748. The first-order valence-corrected chi connectivity index (χ1v) is 8.55. The quantitative estimate of drug-likeness (QED) is 0.599. The molecule has 0 aliphatic rings. The lowest BCUT2D eigenvalue weighted by Crippen LogP contribution is -2.87. The van der Waals surface area contributed by atoms with Crippen LogP contribution in [0.25, 0.3) is 0 Å². The molecular formula is C20H27N2O3+. The Balaban J connectivity index is 2.16. The van der Waals surface area contributed by atoms with E-state index >= 15 is 0 Å². The minimum Gasteiger partial charge on any atom is -0.465 e. The zero-order valence-electron chi connectivity index (χ0n) is 15.6. The van der Waals surface area contributed by atoms with Crippen LogP contribution in [0.2, 0.25) is 0 Å². The van der Waals surface area contributed by atoms with E-state index in [1.807, 2.05) is 18.2 Å². The van der Waals surface area contributed by atoms with E-state index in [9.17, 15) is 9.59 Å². The summed E-state index contributed by atoms with van der Waals surface area (Å²) >= 11 is 0. The number of quaternary nitrogens is 1. The van der Waals surface area contributed by atoms with Gasteiger partial charge in [-0.1, -0.05) is 44.2 Å². The van der Waals surface area contributed by atoms with Gasteiger partial charge in [0.05, 0.1) is 18.4 Å². The molecule has 0 radical (unpaired) electrons. The Labute approximate surface area is 148 Å². The van der Waals surface area contributed by atoms with Gasteiger partial charge >= 0.3 is 5.97 Å². The number of nitrogens with two attached hydrogens (primary N) is 1. The molecule has 0 amide bonds. The smallest absolute Gasteiger partial charge is 0.339 e. The van der Waals surface area contributed by atoms with Crippen LogP contribution in [0.4, 0.5) is 0 Å². The predicted octanol–water partition coefficient (Wildman–Crippen LogP) is 2.56. The van der Waals surface area contributed by atoms with Crippen molar-refractivity contribution in [1.82, 2.24) is 4.98 Å². The third-order valence-electron chi connectivity index (χ3n) is 4.57. The first-order valence-electron chi connectivity index (χ1n) is 8.55. The molecule has 134 valence electrons. The number of methoxy groups -OCH3 is 1. The van der Waals surface area contributed by atoms with E-state index in [0.29, 0.717) is 35.0 Å². The molecule has 1 aromatic carbocycles. The molecule has 0 saturated heterocycles. The number of aromatic amines is 1. The van der Waals surface area contributed by atoms with Gasteiger partial charge in [-0.15, -0.1) is 0 Å². The van der Waals surface area contributed by atoms with E-state index in [0.717, 1.165) is 0 Å². The second-order valence-corrected chi connectivity index (χ2v) is 6.66. The van der Waals surface area contributed by atoms with Gasteiger partial charge in [0.25, 0.3) is 0 Å². The van der Waals surface area contributed by atoms with Crippen molar-refractivity contribution in [3.05, 3.63) is 58.4 Å². The highest BCUT2D eigenvalue weighted by atomic mass is 16.5. The van der Waals surface area contributed by atoms with Crippen LogP contribution in [0.15, 0.2) is 30.3 Å². The lowest BCUT2D eigenvalue weighted by atomic mass is 9.96. The number of carbonyl (C=O) groups is 2. The molecule has 1 heterocycles. The van der Waals surface area contributed by atoms with Gasteiger partial charge in [-0.25, -0.2) is 4.79 Å². The number of H-pyrrole nitrogens is 1. The predicted molar refractivity (Wildman–Crippen MR) is 96.8 cm³/mol. The summed E-state index contributed by atoms with van der Waals surface area (Å²) in [4.78, 5) is 27.6. The first kappa shape index (κ1) is 18.9. The Hall–Kier alpha value is -2.40. The second kappa shape index (κ2) is 8.12. The molecule has 0 spiro atoms. The molecule has 5 nitrogen and oxygen atoms in total. The summed E-state index contributed by atoms with van der Waals surface area (Å²) in [6.07, 6.45) is 0. The number of aryl methyl sites for hydroxylation is 1. The molecule has 0 unspecified atom stereocenters. The Morgan fingerprint density at radius 3 is 2.36 bits per heavy atom. The molecule has 1 atom stereocenters. The van der Waals surface area contributed by atoms with Crippen LogP contribution in [0.5, 0.6) is 0 Å². The van der Waals surface area contributed by atoms with Crippen LogP contribution in [0.1, 0.15) is 57.6 Å². The van der Waals surface area contributed by atoms with Crippen molar-refractivity contribution >= 4 is 11.8 Å². The number of ketones is 1. The van der Waals surface area contributed by atoms with Gasteiger partial charge in [0.2, 0.25) is 5.78 Å². The molecular weight excluding hydrogens is 316 g/mol. The van der Waals surface area contributed by atoms with Crippen LogP contribution in [0.3, 0.4) is 0 Å². The molecule has 3 N–H and O–H groups in total. The summed E-state index contributed by atoms with van der Waals surface area (Å²) in [5.74, 6) is -0.0386. The minimum atomic E-state index is -0.418. The lowest BCUT2D eigenvalue weighted by Gasteiger charge is -2.19. The Morgan fingerprint density at radius 1 is 1.16 bits per heavy atom. The maximum Gasteiger partial charge on any atom is 0.339 e. The highest BCUT2D eigenvalue weighted by Gasteiger charge is 2.25. The van der Waals surface area contributed by atoms with Crippen LogP contribution in [-0.4, -0.2) is 30.4 Å². The van der Waals surface area contributed by atoms with Crippen molar-refractivity contribution in [3.63, 3.8) is 0 Å². The summed E-state index contributed by atoms with van der Waals surface area (Å²) in [6, 6.07) is 10.4. The molecule has 2 rings (SSSR count). The molecule has 1 aromatic heterocycles. The molecule has 0 fully saturated rings. The maximum atomic E-state index is 12.7. The number of benzene rings is 1. The van der Waals surface area contributed by atoms with E-state index in [1.165, 1.54) is 12.7 Å². The normalized spacial score (nSPS) is 12.2. The number of esters is 1. The molecule has 5 heteroatoms. The fraction of sp³-hybridized carbons (Fsp3) is 0.400. The van der Waals surface area contributed by atoms with E-state index in [-0.39, 0.29) is 11.8 Å². The number of rotatable bonds is 7. The van der Waals surface area contributed by atoms with E-state index < -0.39 is 5.97 Å². The largest absolute Gasteiger partial charge is 0.465 e. The van der Waals surface area contributed by atoms with Crippen LogP contribution < -0.4 is 5.32 Å². The number of nitrogens with one attached hydrogen (secondary N) is 1. The first-order chi connectivity index (χ1) is 11.9. The highest BCUT2D eigenvalue weighted by Crippen LogP contribution is 2.20. The third kappa shape index (κ3) is 4.17. The van der Waals surface area contributed by atoms with E-state index in [4.69, 9.17) is 4.74 Å². The number of aromatic nitrogens is 1. The van der Waals surface area contributed by atoms with E-state index in [2.05, 4.69) is 36.3 Å². The van der Waals surface area contributed by atoms with Gasteiger partial charge in [0.15, 0.2) is 0 Å². The zero-order valence-corrected chi connectivity index (χ0v) is 15.6. The fourth-order valence-electron chi connectivity index (χ4n) is 3.24. The summed E-state index contributed by atoms with van der Waals surface area (Å²) < 4.78 is 4.80. The van der Waals surface area contributed by atoms with E-state index in [1.54, 1.807) is 13.8 Å². The van der Waals surface area contributed by atoms with Gasteiger partial charge in [-0.2, -0.15) is 0 Å². The number of ether oxygens (including phenoxy) is 1. The van der Waals surface area contributed by atoms with Gasteiger partial charge in [-0.05, 0) is 19.4 Å². The monoisotopic (exact) mass is 343 g/mol. The summed E-state index contributed by atoms with van der Waals surface area (Å²) in [6.45, 7) is 8.18. The highest BCUT2D eigenvalue weighted by molar-refractivity contribution is 6.01. The summed E-state index contributed by atoms with van der Waals surface area (Å²) in [5, 5.41) is 2.07. The molecule has 0 saturated carbocycles. The standard InChI is InChI=1S/C20H26N2O3/c1-12(2)18(15-9-7-6-8-10-15)21-11-16(23)19-13(3)17(14(4)22-19)20(24)25-5/h6-10,12,18,21-22H,11H2,1-5H3/p+1/t18-/m0/s1. The summed E-state index contributed by atoms with van der Waals surface area (Å²) in [5.41, 5.74) is 3.47. The van der Waals surface area contributed by atoms with Gasteiger partial charge in [0, 0.05) is 17.2 Å². The Morgan fingerprint density at radius 2 is 1.80 bits per heavy atom. The van der Waals surface area contributed by atoms with Gasteiger partial charge in [0.1, 0.15) is 12.6 Å². The molecule has 25 heavy (non-hydrogen) atoms. The van der Waals surface area contributed by atoms with Crippen molar-refractivity contribution in [3.8, 4) is 0 Å². The topological polar surface area (TPSA) is 75.8 Å². The minimum absolute atomic E-state index is 0.0164. The fourth-order valence-corrected chi connectivity index (χ4v) is 3.24. The molecule has 2 aromatic rings. The summed E-state index contributed by atoms with van der Waals surface area (Å²) in [7, 11) is 1.34. The van der Waals surface area contributed by atoms with Crippen molar-refractivity contribution in [2.75, 3.05) is 13.7 Å². The Kier molecular flexibility index (Phi) is 6.15. The van der Waals surface area contributed by atoms with Crippen LogP contribution in [0, 0.1) is 19.8 Å². The third-order valence-corrected chi connectivity index (χ3v) is 4.57. The molecule has 0 aliphatic heterocycles. The number of hydrogen-bond acceptors (Lipinski definition) is 3. The van der Waals surface area contributed by atoms with Crippen molar-refractivity contribution in [2.24, 2.45) is 5.92 Å². The second-order valence-electron chi connectivity index (χ2n) is 6.66. The molecule has 0 aliphatic carbocycles. The SMILES string of the molecule is COC(=O)c1c(C)[nH]c(C(=O)C[NH2+][C@H](c2ccccc2)C(C)C)c1C. The number of hydrogen-bond donors (Lipinski definition) is 2. The van der Waals surface area contributed by atoms with Crippen molar-refractivity contribution in [2.45, 2.75) is 33.7 Å². The van der Waals surface area contributed by atoms with Crippen molar-refractivity contribution < 1.29 is 19.6 Å². The van der Waals surface area contributed by atoms with Crippen molar-refractivity contribution in [1.29, 1.82) is 0 Å². The van der Waals surface area contributed by atoms with Gasteiger partial charge < -0.3 is 15.0 Å².